The van der Waals surface area contributed by atoms with E-state index in [4.69, 9.17) is 9.47 Å². The summed E-state index contributed by atoms with van der Waals surface area (Å²) in [6.45, 7) is 5.88. The maximum absolute atomic E-state index is 12.2. The van der Waals surface area contributed by atoms with Crippen LogP contribution in [0.25, 0.3) is 0 Å². The van der Waals surface area contributed by atoms with Crippen LogP contribution in [-0.2, 0) is 19.1 Å². The summed E-state index contributed by atoms with van der Waals surface area (Å²) in [5.74, 6) is -0.466. The highest BCUT2D eigenvalue weighted by atomic mass is 16.6. The fraction of sp³-hybridized carbons (Fsp3) is 0.833. The SMILES string of the molecule is COC(=O)[C@H](CCCCNC(=O)OC(C)(C)C)NC(=O)C1CCCC1. The molecular formula is C18H32N2O5. The van der Waals surface area contributed by atoms with E-state index in [0.29, 0.717) is 25.8 Å². The molecule has 2 amide bonds. The Morgan fingerprint density at radius 1 is 1.12 bits per heavy atom. The molecule has 25 heavy (non-hydrogen) atoms. The van der Waals surface area contributed by atoms with Crippen LogP contribution in [0.5, 0.6) is 0 Å². The molecule has 0 aromatic heterocycles. The Morgan fingerprint density at radius 3 is 2.32 bits per heavy atom. The van der Waals surface area contributed by atoms with Crippen molar-refractivity contribution in [1.29, 1.82) is 0 Å². The topological polar surface area (TPSA) is 93.7 Å². The first-order chi connectivity index (χ1) is 11.7. The van der Waals surface area contributed by atoms with Crippen molar-refractivity contribution in [3.05, 3.63) is 0 Å². The van der Waals surface area contributed by atoms with Crippen LogP contribution in [0.2, 0.25) is 0 Å². The van der Waals surface area contributed by atoms with Gasteiger partial charge < -0.3 is 20.1 Å². The summed E-state index contributed by atoms with van der Waals surface area (Å²) < 4.78 is 9.93. The van der Waals surface area contributed by atoms with Gasteiger partial charge in [-0.25, -0.2) is 9.59 Å². The molecule has 1 atom stereocenters. The minimum absolute atomic E-state index is 0.0148. The number of nitrogens with one attached hydrogen (secondary N) is 2. The molecule has 2 N–H and O–H groups in total. The molecule has 0 saturated heterocycles. The molecule has 0 radical (unpaired) electrons. The van der Waals surface area contributed by atoms with Crippen molar-refractivity contribution in [3.63, 3.8) is 0 Å². The minimum Gasteiger partial charge on any atom is -0.467 e. The van der Waals surface area contributed by atoms with Gasteiger partial charge in [-0.1, -0.05) is 12.8 Å². The summed E-state index contributed by atoms with van der Waals surface area (Å²) >= 11 is 0. The van der Waals surface area contributed by atoms with Crippen LogP contribution in [0.3, 0.4) is 0 Å². The molecule has 0 bridgehead atoms. The number of unbranched alkanes of at least 4 members (excludes halogenated alkanes) is 1. The maximum Gasteiger partial charge on any atom is 0.407 e. The lowest BCUT2D eigenvalue weighted by Gasteiger charge is -2.20. The van der Waals surface area contributed by atoms with Gasteiger partial charge in [-0.15, -0.1) is 0 Å². The zero-order valence-electron chi connectivity index (χ0n) is 15.9. The molecule has 0 aromatic carbocycles. The van der Waals surface area contributed by atoms with Gasteiger partial charge in [-0.2, -0.15) is 0 Å². The summed E-state index contributed by atoms with van der Waals surface area (Å²) in [7, 11) is 1.32. The van der Waals surface area contributed by atoms with E-state index in [1.165, 1.54) is 7.11 Å². The molecule has 7 heteroatoms. The standard InChI is InChI=1S/C18H32N2O5/c1-18(2,3)25-17(23)19-12-8-7-11-14(16(22)24-4)20-15(21)13-9-5-6-10-13/h13-14H,5-12H2,1-4H3,(H,19,23)(H,20,21)/t14-/m0/s1. The molecule has 0 aliphatic heterocycles. The monoisotopic (exact) mass is 356 g/mol. The smallest absolute Gasteiger partial charge is 0.407 e. The lowest BCUT2D eigenvalue weighted by Crippen LogP contribution is -2.43. The van der Waals surface area contributed by atoms with Crippen molar-refractivity contribution in [2.24, 2.45) is 5.92 Å². The van der Waals surface area contributed by atoms with Crippen molar-refractivity contribution in [2.45, 2.75) is 77.4 Å². The Bertz CT molecular complexity index is 453. The number of ether oxygens (including phenoxy) is 2. The van der Waals surface area contributed by atoms with Crippen molar-refractivity contribution in [3.8, 4) is 0 Å². The third-order valence-corrected chi connectivity index (χ3v) is 4.12. The Hall–Kier alpha value is -1.79. The summed E-state index contributed by atoms with van der Waals surface area (Å²) in [5.41, 5.74) is -0.523. The summed E-state index contributed by atoms with van der Waals surface area (Å²) in [5, 5.41) is 5.49. The molecule has 144 valence electrons. The Kier molecular flexibility index (Phi) is 8.72. The third-order valence-electron chi connectivity index (χ3n) is 4.12. The number of methoxy groups -OCH3 is 1. The zero-order valence-corrected chi connectivity index (χ0v) is 15.9. The van der Waals surface area contributed by atoms with Crippen LogP contribution in [0.4, 0.5) is 4.79 Å². The number of rotatable bonds is 8. The van der Waals surface area contributed by atoms with E-state index >= 15 is 0 Å². The van der Waals surface area contributed by atoms with Crippen molar-refractivity contribution >= 4 is 18.0 Å². The van der Waals surface area contributed by atoms with Crippen molar-refractivity contribution in [2.75, 3.05) is 13.7 Å². The van der Waals surface area contributed by atoms with Crippen LogP contribution >= 0.6 is 0 Å². The lowest BCUT2D eigenvalue weighted by molar-refractivity contribution is -0.145. The van der Waals surface area contributed by atoms with Crippen LogP contribution in [0, 0.1) is 5.92 Å². The summed E-state index contributed by atoms with van der Waals surface area (Å²) in [6.07, 6.45) is 5.31. The van der Waals surface area contributed by atoms with E-state index in [1.54, 1.807) is 20.8 Å². The Labute approximate surface area is 150 Å². The van der Waals surface area contributed by atoms with Gasteiger partial charge in [0.1, 0.15) is 11.6 Å². The second-order valence-electron chi connectivity index (χ2n) is 7.49. The zero-order chi connectivity index (χ0) is 18.9. The summed E-state index contributed by atoms with van der Waals surface area (Å²) in [4.78, 5) is 35.6. The molecule has 0 unspecified atom stereocenters. The molecule has 1 aliphatic rings. The predicted octanol–water partition coefficient (Wildman–Crippen LogP) is 2.53. The largest absolute Gasteiger partial charge is 0.467 e. The first-order valence-electron chi connectivity index (χ1n) is 9.08. The van der Waals surface area contributed by atoms with Crippen molar-refractivity contribution < 1.29 is 23.9 Å². The quantitative estimate of drug-likeness (QED) is 0.515. The van der Waals surface area contributed by atoms with Gasteiger partial charge in [0.15, 0.2) is 0 Å². The average Bonchev–Trinajstić information content (AvgIpc) is 3.05. The van der Waals surface area contributed by atoms with Gasteiger partial charge >= 0.3 is 12.1 Å². The van der Waals surface area contributed by atoms with Crippen LogP contribution in [0.1, 0.15) is 65.7 Å². The summed E-state index contributed by atoms with van der Waals surface area (Å²) in [6, 6.07) is -0.625. The number of alkyl carbamates (subject to hydrolysis) is 1. The van der Waals surface area contributed by atoms with Crippen LogP contribution in [0.15, 0.2) is 0 Å². The van der Waals surface area contributed by atoms with Gasteiger partial charge in [0.2, 0.25) is 5.91 Å². The molecule has 1 fully saturated rings. The number of carbonyl (C=O) groups is 3. The first-order valence-corrected chi connectivity index (χ1v) is 9.08. The highest BCUT2D eigenvalue weighted by Gasteiger charge is 2.27. The van der Waals surface area contributed by atoms with Crippen molar-refractivity contribution in [1.82, 2.24) is 10.6 Å². The van der Waals surface area contributed by atoms with E-state index in [1.807, 2.05) is 0 Å². The van der Waals surface area contributed by atoms with Crippen LogP contribution in [-0.4, -0.2) is 43.3 Å². The molecule has 0 aromatic rings. The second kappa shape index (κ2) is 10.3. The van der Waals surface area contributed by atoms with E-state index in [0.717, 1.165) is 25.7 Å². The molecular weight excluding hydrogens is 324 g/mol. The highest BCUT2D eigenvalue weighted by Crippen LogP contribution is 2.25. The predicted molar refractivity (Wildman–Crippen MR) is 94.0 cm³/mol. The van der Waals surface area contributed by atoms with Gasteiger partial charge in [0, 0.05) is 12.5 Å². The number of carbonyl (C=O) groups excluding carboxylic acids is 3. The van der Waals surface area contributed by atoms with Gasteiger partial charge in [0.25, 0.3) is 0 Å². The number of amides is 2. The maximum atomic E-state index is 12.2. The molecule has 1 saturated carbocycles. The third kappa shape index (κ3) is 8.74. The fourth-order valence-corrected chi connectivity index (χ4v) is 2.85. The number of hydrogen-bond acceptors (Lipinski definition) is 5. The van der Waals surface area contributed by atoms with Crippen LogP contribution < -0.4 is 10.6 Å². The number of esters is 1. The van der Waals surface area contributed by atoms with E-state index in [-0.39, 0.29) is 11.8 Å². The molecule has 0 spiro atoms. The normalized spacial score (nSPS) is 16.2. The van der Waals surface area contributed by atoms with Gasteiger partial charge in [-0.3, -0.25) is 4.79 Å². The van der Waals surface area contributed by atoms with E-state index < -0.39 is 23.7 Å². The van der Waals surface area contributed by atoms with Gasteiger partial charge in [0.05, 0.1) is 7.11 Å². The molecule has 7 nitrogen and oxygen atoms in total. The van der Waals surface area contributed by atoms with Gasteiger partial charge in [-0.05, 0) is 52.9 Å². The van der Waals surface area contributed by atoms with E-state index in [2.05, 4.69) is 10.6 Å². The molecule has 1 aliphatic carbocycles. The Balaban J connectivity index is 2.30. The number of hydrogen-bond donors (Lipinski definition) is 2. The molecule has 0 heterocycles. The average molecular weight is 356 g/mol. The first kappa shape index (κ1) is 21.3. The minimum atomic E-state index is -0.625. The van der Waals surface area contributed by atoms with E-state index in [9.17, 15) is 14.4 Å². The second-order valence-corrected chi connectivity index (χ2v) is 7.49. The lowest BCUT2D eigenvalue weighted by atomic mass is 10.0. The highest BCUT2D eigenvalue weighted by molar-refractivity contribution is 5.85. The Morgan fingerprint density at radius 2 is 1.76 bits per heavy atom. The molecule has 1 rings (SSSR count). The fourth-order valence-electron chi connectivity index (χ4n) is 2.85.